The second-order valence-electron chi connectivity index (χ2n) is 7.72. The van der Waals surface area contributed by atoms with Gasteiger partial charge in [0.15, 0.2) is 0 Å². The molecule has 1 aromatic rings. The van der Waals surface area contributed by atoms with Crippen molar-refractivity contribution in [2.24, 2.45) is 11.3 Å². The summed E-state index contributed by atoms with van der Waals surface area (Å²) in [6.45, 7) is 1.36. The quantitative estimate of drug-likeness (QED) is 0.884. The van der Waals surface area contributed by atoms with Crippen LogP contribution in [0.5, 0.6) is 0 Å². The summed E-state index contributed by atoms with van der Waals surface area (Å²) in [6, 6.07) is 6.27. The minimum Gasteiger partial charge on any atom is -0.335 e. The first-order chi connectivity index (χ1) is 12.1. The van der Waals surface area contributed by atoms with Crippen molar-refractivity contribution in [2.75, 3.05) is 18.4 Å². The van der Waals surface area contributed by atoms with E-state index in [0.717, 1.165) is 25.7 Å². The van der Waals surface area contributed by atoms with Gasteiger partial charge in [0.25, 0.3) is 0 Å². The average Bonchev–Trinajstić information content (AvgIpc) is 2.90. The largest absolute Gasteiger partial charge is 0.335 e. The highest BCUT2D eigenvalue weighted by atomic mass is 19.1. The van der Waals surface area contributed by atoms with Crippen LogP contribution >= 0.6 is 0 Å². The number of halogens is 1. The number of nitrogens with one attached hydrogen (secondary N) is 2. The van der Waals surface area contributed by atoms with Gasteiger partial charge in [0.2, 0.25) is 5.91 Å². The van der Waals surface area contributed by atoms with Gasteiger partial charge in [-0.3, -0.25) is 4.79 Å². The Morgan fingerprint density at radius 1 is 1.24 bits per heavy atom. The Balaban J connectivity index is 1.31. The van der Waals surface area contributed by atoms with Gasteiger partial charge in [-0.05, 0) is 43.9 Å². The second kappa shape index (κ2) is 6.32. The fraction of sp³-hybridized carbons (Fsp3) is 0.579. The fourth-order valence-electron chi connectivity index (χ4n) is 4.37. The number of rotatable bonds is 3. The smallest absolute Gasteiger partial charge is 0.317 e. The van der Waals surface area contributed by atoms with Gasteiger partial charge in [-0.1, -0.05) is 18.9 Å². The highest BCUT2D eigenvalue weighted by molar-refractivity contribution is 5.95. The lowest BCUT2D eigenvalue weighted by Crippen LogP contribution is -2.43. The van der Waals surface area contributed by atoms with Crippen molar-refractivity contribution in [3.05, 3.63) is 30.1 Å². The molecule has 1 aromatic carbocycles. The zero-order valence-electron chi connectivity index (χ0n) is 14.3. The lowest BCUT2D eigenvalue weighted by molar-refractivity contribution is -0.118. The molecule has 25 heavy (non-hydrogen) atoms. The van der Waals surface area contributed by atoms with E-state index in [1.165, 1.54) is 25.0 Å². The van der Waals surface area contributed by atoms with Gasteiger partial charge < -0.3 is 15.5 Å². The molecule has 0 radical (unpaired) electrons. The van der Waals surface area contributed by atoms with E-state index < -0.39 is 0 Å². The number of urea groups is 1. The van der Waals surface area contributed by atoms with Crippen molar-refractivity contribution >= 4 is 17.6 Å². The Morgan fingerprint density at radius 2 is 2.04 bits per heavy atom. The summed E-state index contributed by atoms with van der Waals surface area (Å²) in [6.07, 6.45) is 6.20. The molecule has 3 fully saturated rings. The van der Waals surface area contributed by atoms with Crippen molar-refractivity contribution in [1.82, 2.24) is 10.2 Å². The molecule has 5 nitrogen and oxygen atoms in total. The Labute approximate surface area is 147 Å². The first-order valence-electron chi connectivity index (χ1n) is 9.18. The molecule has 2 N–H and O–H groups in total. The van der Waals surface area contributed by atoms with Crippen LogP contribution in [0.15, 0.2) is 24.3 Å². The molecule has 1 saturated heterocycles. The van der Waals surface area contributed by atoms with Gasteiger partial charge in [-0.15, -0.1) is 0 Å². The molecule has 2 aliphatic carbocycles. The van der Waals surface area contributed by atoms with Crippen LogP contribution in [0.25, 0.3) is 0 Å². The monoisotopic (exact) mass is 345 g/mol. The molecule has 0 bridgehead atoms. The van der Waals surface area contributed by atoms with E-state index >= 15 is 0 Å². The van der Waals surface area contributed by atoms with Crippen LogP contribution in [-0.4, -0.2) is 36.0 Å². The Morgan fingerprint density at radius 3 is 2.80 bits per heavy atom. The summed E-state index contributed by atoms with van der Waals surface area (Å²) >= 11 is 0. The van der Waals surface area contributed by atoms with Crippen LogP contribution in [0.1, 0.15) is 38.5 Å². The van der Waals surface area contributed by atoms with Gasteiger partial charge in [0, 0.05) is 36.2 Å². The number of hydrogen-bond acceptors (Lipinski definition) is 2. The molecular formula is C19H24FN3O2. The molecule has 3 aliphatic rings. The molecule has 1 heterocycles. The van der Waals surface area contributed by atoms with E-state index in [-0.39, 0.29) is 29.1 Å². The minimum atomic E-state index is -0.362. The van der Waals surface area contributed by atoms with E-state index in [2.05, 4.69) is 10.6 Å². The SMILES string of the molecule is O=C(Nc1cccc(F)c1)[C@H]1C[C@]12CCN(C(=O)NC1CCCC1)C2. The average molecular weight is 345 g/mol. The molecule has 1 aliphatic heterocycles. The van der Waals surface area contributed by atoms with Gasteiger partial charge in [-0.25, -0.2) is 9.18 Å². The van der Waals surface area contributed by atoms with Crippen molar-refractivity contribution < 1.29 is 14.0 Å². The third-order valence-corrected chi connectivity index (χ3v) is 5.95. The maximum Gasteiger partial charge on any atom is 0.317 e. The van der Waals surface area contributed by atoms with E-state index in [4.69, 9.17) is 0 Å². The standard InChI is InChI=1S/C19H24FN3O2/c20-13-4-3-7-15(10-13)21-17(24)16-11-19(16)8-9-23(12-19)18(25)22-14-5-1-2-6-14/h3-4,7,10,14,16H,1-2,5-6,8-9,11-12H2,(H,21,24)(H,22,25)/t16-,19+/m1/s1. The Hall–Kier alpha value is -2.11. The predicted molar refractivity (Wildman–Crippen MR) is 92.5 cm³/mol. The highest BCUT2D eigenvalue weighted by Crippen LogP contribution is 2.58. The maximum absolute atomic E-state index is 13.2. The maximum atomic E-state index is 13.2. The van der Waals surface area contributed by atoms with Crippen molar-refractivity contribution in [3.63, 3.8) is 0 Å². The third-order valence-electron chi connectivity index (χ3n) is 5.95. The number of carbonyl (C=O) groups is 2. The summed E-state index contributed by atoms with van der Waals surface area (Å²) in [7, 11) is 0. The summed E-state index contributed by atoms with van der Waals surface area (Å²) in [5, 5.41) is 5.92. The van der Waals surface area contributed by atoms with Crippen molar-refractivity contribution in [1.29, 1.82) is 0 Å². The van der Waals surface area contributed by atoms with Gasteiger partial charge in [0.1, 0.15) is 5.82 Å². The lowest BCUT2D eigenvalue weighted by atomic mass is 10.0. The summed E-state index contributed by atoms with van der Waals surface area (Å²) < 4.78 is 13.2. The molecule has 0 unspecified atom stereocenters. The van der Waals surface area contributed by atoms with E-state index in [1.807, 2.05) is 4.90 Å². The molecule has 4 rings (SSSR count). The molecule has 0 aromatic heterocycles. The van der Waals surface area contributed by atoms with Gasteiger partial charge in [-0.2, -0.15) is 0 Å². The molecular weight excluding hydrogens is 321 g/mol. The van der Waals surface area contributed by atoms with Crippen molar-refractivity contribution in [3.8, 4) is 0 Å². The predicted octanol–water partition coefficient (Wildman–Crippen LogP) is 3.13. The lowest BCUT2D eigenvalue weighted by Gasteiger charge is -2.20. The van der Waals surface area contributed by atoms with E-state index in [1.54, 1.807) is 12.1 Å². The van der Waals surface area contributed by atoms with Crippen LogP contribution in [0, 0.1) is 17.2 Å². The van der Waals surface area contributed by atoms with Crippen LogP contribution in [0.2, 0.25) is 0 Å². The van der Waals surface area contributed by atoms with Crippen molar-refractivity contribution in [2.45, 2.75) is 44.6 Å². The topological polar surface area (TPSA) is 61.4 Å². The normalized spacial score (nSPS) is 28.4. The minimum absolute atomic E-state index is 0.0139. The van der Waals surface area contributed by atoms with Crippen LogP contribution in [0.4, 0.5) is 14.9 Å². The summed E-state index contributed by atoms with van der Waals surface area (Å²) in [4.78, 5) is 26.7. The molecule has 2 saturated carbocycles. The zero-order valence-corrected chi connectivity index (χ0v) is 14.3. The van der Waals surface area contributed by atoms with Crippen LogP contribution in [-0.2, 0) is 4.79 Å². The molecule has 2 atom stereocenters. The summed E-state index contributed by atoms with van der Waals surface area (Å²) in [5.41, 5.74) is 0.408. The fourth-order valence-corrected chi connectivity index (χ4v) is 4.37. The Kier molecular flexibility index (Phi) is 4.13. The number of nitrogens with zero attached hydrogens (tertiary/aromatic N) is 1. The highest BCUT2D eigenvalue weighted by Gasteiger charge is 2.61. The number of hydrogen-bond donors (Lipinski definition) is 2. The number of likely N-dealkylation sites (tertiary alicyclic amines) is 1. The molecule has 6 heteroatoms. The third kappa shape index (κ3) is 3.34. The number of carbonyl (C=O) groups excluding carboxylic acids is 2. The number of amides is 3. The first kappa shape index (κ1) is 16.4. The van der Waals surface area contributed by atoms with E-state index in [0.29, 0.717) is 24.8 Å². The zero-order chi connectivity index (χ0) is 17.4. The van der Waals surface area contributed by atoms with Gasteiger partial charge >= 0.3 is 6.03 Å². The van der Waals surface area contributed by atoms with Crippen LogP contribution < -0.4 is 10.6 Å². The van der Waals surface area contributed by atoms with Gasteiger partial charge in [0.05, 0.1) is 0 Å². The molecule has 1 spiro atoms. The molecule has 134 valence electrons. The Bertz CT molecular complexity index is 689. The number of anilines is 1. The van der Waals surface area contributed by atoms with E-state index in [9.17, 15) is 14.0 Å². The number of benzene rings is 1. The molecule has 3 amide bonds. The first-order valence-corrected chi connectivity index (χ1v) is 9.18. The summed E-state index contributed by atoms with van der Waals surface area (Å²) in [5.74, 6) is -0.511. The van der Waals surface area contributed by atoms with Crippen LogP contribution in [0.3, 0.4) is 0 Å². The second-order valence-corrected chi connectivity index (χ2v) is 7.72.